The molecular formula is C20H22O6. The number of hydrogen-bond donors (Lipinski definition) is 2. The van der Waals surface area contributed by atoms with Crippen molar-refractivity contribution in [2.75, 3.05) is 14.2 Å². The monoisotopic (exact) mass is 358 g/mol. The summed E-state index contributed by atoms with van der Waals surface area (Å²) in [6.07, 6.45) is -0.641. The summed E-state index contributed by atoms with van der Waals surface area (Å²) in [5, 5.41) is 22.4. The Labute approximate surface area is 152 Å². The number of methoxy groups -OCH3 is 2. The summed E-state index contributed by atoms with van der Waals surface area (Å²) < 4.78 is 9.42. The second-order valence-electron chi connectivity index (χ2n) is 6.03. The van der Waals surface area contributed by atoms with Gasteiger partial charge >= 0.3 is 11.9 Å². The summed E-state index contributed by atoms with van der Waals surface area (Å²) in [5.41, 5.74) is -3.97. The third-order valence-corrected chi connectivity index (χ3v) is 4.34. The second kappa shape index (κ2) is 8.12. The molecule has 0 amide bonds. The lowest BCUT2D eigenvalue weighted by atomic mass is 9.74. The van der Waals surface area contributed by atoms with E-state index in [9.17, 15) is 19.8 Å². The lowest BCUT2D eigenvalue weighted by molar-refractivity contribution is -0.210. The predicted octanol–water partition coefficient (Wildman–Crippen LogP) is 1.28. The average Bonchev–Trinajstić information content (AvgIpc) is 2.67. The number of aliphatic hydroxyl groups is 2. The summed E-state index contributed by atoms with van der Waals surface area (Å²) in [6.45, 7) is 0. The van der Waals surface area contributed by atoms with Gasteiger partial charge in [0.05, 0.1) is 14.2 Å². The van der Waals surface area contributed by atoms with Gasteiger partial charge in [0.1, 0.15) is 0 Å². The molecule has 2 N–H and O–H groups in total. The average molecular weight is 358 g/mol. The van der Waals surface area contributed by atoms with Crippen molar-refractivity contribution in [3.8, 4) is 0 Å². The Morgan fingerprint density at radius 3 is 1.31 bits per heavy atom. The second-order valence-corrected chi connectivity index (χ2v) is 6.03. The highest BCUT2D eigenvalue weighted by molar-refractivity contribution is 5.93. The molecule has 0 bridgehead atoms. The molecule has 0 saturated heterocycles. The smallest absolute Gasteiger partial charge is 0.341 e. The van der Waals surface area contributed by atoms with E-state index in [2.05, 4.69) is 0 Å². The van der Waals surface area contributed by atoms with Crippen LogP contribution in [0.2, 0.25) is 0 Å². The zero-order valence-corrected chi connectivity index (χ0v) is 14.7. The normalized spacial score (nSPS) is 15.4. The molecule has 2 aromatic carbocycles. The molecule has 0 aliphatic heterocycles. The Hall–Kier alpha value is -2.70. The van der Waals surface area contributed by atoms with Crippen molar-refractivity contribution in [2.45, 2.75) is 24.0 Å². The molecule has 0 aromatic heterocycles. The number of rotatable bonds is 7. The molecule has 0 aliphatic carbocycles. The lowest BCUT2D eigenvalue weighted by Gasteiger charge is -2.39. The quantitative estimate of drug-likeness (QED) is 0.725. The van der Waals surface area contributed by atoms with Crippen LogP contribution in [0.3, 0.4) is 0 Å². The van der Waals surface area contributed by atoms with Crippen LogP contribution in [0.5, 0.6) is 0 Å². The first-order valence-electron chi connectivity index (χ1n) is 8.07. The Morgan fingerprint density at radius 1 is 0.731 bits per heavy atom. The van der Waals surface area contributed by atoms with Gasteiger partial charge in [-0.05, 0) is 11.1 Å². The van der Waals surface area contributed by atoms with E-state index in [1.54, 1.807) is 60.7 Å². The summed E-state index contributed by atoms with van der Waals surface area (Å²) in [6, 6.07) is 17.1. The van der Waals surface area contributed by atoms with Gasteiger partial charge in [0.15, 0.2) is 0 Å². The molecule has 0 fully saturated rings. The zero-order valence-electron chi connectivity index (χ0n) is 14.7. The van der Waals surface area contributed by atoms with Crippen molar-refractivity contribution in [2.24, 2.45) is 0 Å². The Morgan fingerprint density at radius 2 is 1.04 bits per heavy atom. The minimum absolute atomic E-state index is 0.320. The van der Waals surface area contributed by atoms with Gasteiger partial charge in [-0.1, -0.05) is 60.7 Å². The molecule has 2 rings (SSSR count). The molecule has 6 heteroatoms. The third-order valence-electron chi connectivity index (χ3n) is 4.34. The molecule has 0 aliphatic rings. The van der Waals surface area contributed by atoms with E-state index >= 15 is 0 Å². The molecule has 0 heterocycles. The molecule has 138 valence electrons. The number of carbonyl (C=O) groups is 2. The van der Waals surface area contributed by atoms with Crippen LogP contribution in [0.1, 0.15) is 11.1 Å². The van der Waals surface area contributed by atoms with E-state index in [0.29, 0.717) is 11.1 Å². The lowest BCUT2D eigenvalue weighted by Crippen LogP contribution is -2.66. The molecule has 26 heavy (non-hydrogen) atoms. The predicted molar refractivity (Wildman–Crippen MR) is 94.2 cm³/mol. The molecule has 0 radical (unpaired) electrons. The van der Waals surface area contributed by atoms with E-state index in [0.717, 1.165) is 14.2 Å². The van der Waals surface area contributed by atoms with Crippen LogP contribution in [0.15, 0.2) is 60.7 Å². The fourth-order valence-corrected chi connectivity index (χ4v) is 2.89. The highest BCUT2D eigenvalue weighted by Crippen LogP contribution is 2.33. The van der Waals surface area contributed by atoms with Crippen LogP contribution >= 0.6 is 0 Å². The number of ether oxygens (including phenoxy) is 2. The van der Waals surface area contributed by atoms with Gasteiger partial charge in [-0.25, -0.2) is 9.59 Å². The van der Waals surface area contributed by atoms with Crippen LogP contribution in [0.25, 0.3) is 0 Å². The van der Waals surface area contributed by atoms with Crippen LogP contribution in [-0.2, 0) is 31.9 Å². The van der Waals surface area contributed by atoms with Crippen molar-refractivity contribution >= 4 is 11.9 Å². The van der Waals surface area contributed by atoms with Gasteiger partial charge in [-0.2, -0.15) is 0 Å². The number of carbonyl (C=O) groups excluding carboxylic acids is 2. The Balaban J connectivity index is 2.54. The molecule has 0 saturated carbocycles. The van der Waals surface area contributed by atoms with Crippen LogP contribution < -0.4 is 0 Å². The van der Waals surface area contributed by atoms with E-state index in [-0.39, 0.29) is 12.8 Å². The van der Waals surface area contributed by atoms with Gasteiger partial charge < -0.3 is 19.7 Å². The van der Waals surface area contributed by atoms with Crippen LogP contribution in [0.4, 0.5) is 0 Å². The molecule has 2 atom stereocenters. The standard InChI is InChI=1S/C20H22O6/c1-25-17(21)19(23,13-15-9-5-3-6-10-15)20(24,18(22)26-2)14-16-11-7-4-8-12-16/h3-12,23-24H,13-14H2,1-2H3. The van der Waals surface area contributed by atoms with Crippen molar-refractivity contribution < 1.29 is 29.3 Å². The molecule has 6 nitrogen and oxygen atoms in total. The van der Waals surface area contributed by atoms with Crippen molar-refractivity contribution in [3.63, 3.8) is 0 Å². The van der Waals surface area contributed by atoms with E-state index in [1.165, 1.54) is 0 Å². The number of hydrogen-bond acceptors (Lipinski definition) is 6. The van der Waals surface area contributed by atoms with Gasteiger partial charge in [-0.3, -0.25) is 0 Å². The van der Waals surface area contributed by atoms with Gasteiger partial charge in [0.25, 0.3) is 0 Å². The van der Waals surface area contributed by atoms with Gasteiger partial charge in [-0.15, -0.1) is 0 Å². The largest absolute Gasteiger partial charge is 0.467 e. The Bertz CT molecular complexity index is 680. The zero-order chi connectivity index (χ0) is 19.2. The fraction of sp³-hybridized carbons (Fsp3) is 0.300. The van der Waals surface area contributed by atoms with Crippen molar-refractivity contribution in [1.29, 1.82) is 0 Å². The third kappa shape index (κ3) is 3.76. The van der Waals surface area contributed by atoms with Crippen molar-refractivity contribution in [3.05, 3.63) is 71.8 Å². The first-order chi connectivity index (χ1) is 12.4. The maximum absolute atomic E-state index is 12.5. The Kier molecular flexibility index (Phi) is 6.13. The highest BCUT2D eigenvalue weighted by Gasteiger charge is 2.61. The molecule has 2 unspecified atom stereocenters. The minimum Gasteiger partial charge on any atom is -0.467 e. The van der Waals surface area contributed by atoms with Crippen LogP contribution in [-0.4, -0.2) is 47.6 Å². The van der Waals surface area contributed by atoms with E-state index < -0.39 is 23.1 Å². The minimum atomic E-state index is -2.54. The SMILES string of the molecule is COC(=O)C(O)(Cc1ccccc1)C(O)(Cc1ccccc1)C(=O)OC. The van der Waals surface area contributed by atoms with E-state index in [1.807, 2.05) is 0 Å². The van der Waals surface area contributed by atoms with E-state index in [4.69, 9.17) is 9.47 Å². The first-order valence-corrected chi connectivity index (χ1v) is 8.07. The molecule has 2 aromatic rings. The highest BCUT2D eigenvalue weighted by atomic mass is 16.6. The first kappa shape index (κ1) is 19.6. The summed E-state index contributed by atoms with van der Waals surface area (Å²) in [7, 11) is 2.16. The fourth-order valence-electron chi connectivity index (χ4n) is 2.89. The van der Waals surface area contributed by atoms with Crippen molar-refractivity contribution in [1.82, 2.24) is 0 Å². The topological polar surface area (TPSA) is 93.1 Å². The summed E-state index contributed by atoms with van der Waals surface area (Å²) in [5.74, 6) is -2.24. The molecule has 0 spiro atoms. The summed E-state index contributed by atoms with van der Waals surface area (Å²) >= 11 is 0. The van der Waals surface area contributed by atoms with Crippen LogP contribution in [0, 0.1) is 0 Å². The summed E-state index contributed by atoms with van der Waals surface area (Å²) in [4.78, 5) is 24.9. The van der Waals surface area contributed by atoms with Gasteiger partial charge in [0.2, 0.25) is 11.2 Å². The maximum Gasteiger partial charge on any atom is 0.341 e. The maximum atomic E-state index is 12.5. The van der Waals surface area contributed by atoms with Gasteiger partial charge in [0, 0.05) is 12.8 Å². The molecular weight excluding hydrogens is 336 g/mol. The number of esters is 2. The number of benzene rings is 2.